The van der Waals surface area contributed by atoms with E-state index < -0.39 is 0 Å². The molecule has 0 unspecified atom stereocenters. The number of benzene rings is 8. The quantitative estimate of drug-likeness (QED) is 0.190. The second-order valence-electron chi connectivity index (χ2n) is 12.6. The van der Waals surface area contributed by atoms with Crippen LogP contribution >= 0.6 is 0 Å². The van der Waals surface area contributed by atoms with E-state index in [0.29, 0.717) is 0 Å². The number of anilines is 3. The highest BCUT2D eigenvalue weighted by Crippen LogP contribution is 2.44. The molecule has 0 bridgehead atoms. The van der Waals surface area contributed by atoms with E-state index in [0.717, 1.165) is 77.6 Å². The van der Waals surface area contributed by atoms with Crippen LogP contribution in [-0.2, 0) is 0 Å². The maximum atomic E-state index is 6.37. The average molecular weight is 628 g/mol. The van der Waals surface area contributed by atoms with Gasteiger partial charge in [0, 0.05) is 27.5 Å². The Morgan fingerprint density at radius 3 is 1.67 bits per heavy atom. The van der Waals surface area contributed by atoms with E-state index in [2.05, 4.69) is 157 Å². The minimum Gasteiger partial charge on any atom is -0.456 e. The predicted molar refractivity (Wildman–Crippen MR) is 204 cm³/mol. The number of rotatable bonds is 5. The molecule has 8 aromatic carbocycles. The lowest BCUT2D eigenvalue weighted by atomic mass is 9.99. The van der Waals surface area contributed by atoms with Crippen LogP contribution in [-0.4, -0.2) is 0 Å². The monoisotopic (exact) mass is 627 g/mol. The number of hydrogen-bond acceptors (Lipinski definition) is 3. The topological polar surface area (TPSA) is 29.5 Å². The van der Waals surface area contributed by atoms with Gasteiger partial charge in [-0.25, -0.2) is 0 Å². The van der Waals surface area contributed by atoms with Gasteiger partial charge >= 0.3 is 0 Å². The molecule has 0 spiro atoms. The first kappa shape index (κ1) is 27.5. The molecule has 2 aromatic heterocycles. The minimum atomic E-state index is 0.862. The Morgan fingerprint density at radius 2 is 0.878 bits per heavy atom. The minimum absolute atomic E-state index is 0.862. The number of furan rings is 2. The van der Waals surface area contributed by atoms with Gasteiger partial charge in [-0.05, 0) is 99.8 Å². The molecular formula is C46H29NO2. The second-order valence-corrected chi connectivity index (χ2v) is 12.6. The summed E-state index contributed by atoms with van der Waals surface area (Å²) in [6.07, 6.45) is 0. The molecule has 3 nitrogen and oxygen atoms in total. The van der Waals surface area contributed by atoms with Crippen LogP contribution < -0.4 is 4.90 Å². The van der Waals surface area contributed by atoms with Crippen molar-refractivity contribution in [3.05, 3.63) is 176 Å². The van der Waals surface area contributed by atoms with Crippen molar-refractivity contribution in [2.45, 2.75) is 0 Å². The van der Waals surface area contributed by atoms with E-state index in [1.165, 1.54) is 16.3 Å². The van der Waals surface area contributed by atoms with Crippen molar-refractivity contribution in [2.75, 3.05) is 4.90 Å². The number of nitrogens with zero attached hydrogens (tertiary/aromatic N) is 1. The van der Waals surface area contributed by atoms with Crippen LogP contribution in [0.15, 0.2) is 185 Å². The van der Waals surface area contributed by atoms with E-state index in [-0.39, 0.29) is 0 Å². The Labute approximate surface area is 282 Å². The number of para-hydroxylation sites is 2. The van der Waals surface area contributed by atoms with Gasteiger partial charge in [0.15, 0.2) is 0 Å². The van der Waals surface area contributed by atoms with Crippen LogP contribution in [0.2, 0.25) is 0 Å². The molecular weight excluding hydrogens is 599 g/mol. The van der Waals surface area contributed by atoms with Gasteiger partial charge in [-0.15, -0.1) is 0 Å². The molecule has 0 aliphatic rings. The molecule has 10 rings (SSSR count). The lowest BCUT2D eigenvalue weighted by Crippen LogP contribution is -2.10. The first-order valence-corrected chi connectivity index (χ1v) is 16.6. The summed E-state index contributed by atoms with van der Waals surface area (Å²) in [5, 5.41) is 6.90. The Hall–Kier alpha value is -6.58. The van der Waals surface area contributed by atoms with Gasteiger partial charge in [0.05, 0.1) is 11.1 Å². The largest absolute Gasteiger partial charge is 0.456 e. The Bertz CT molecular complexity index is 2860. The molecule has 49 heavy (non-hydrogen) atoms. The average Bonchev–Trinajstić information content (AvgIpc) is 3.73. The Balaban J connectivity index is 1.17. The van der Waals surface area contributed by atoms with E-state index >= 15 is 0 Å². The molecule has 10 aromatic rings. The summed E-state index contributed by atoms with van der Waals surface area (Å²) in [5.74, 6) is 0. The molecule has 230 valence electrons. The van der Waals surface area contributed by atoms with Gasteiger partial charge in [-0.1, -0.05) is 109 Å². The van der Waals surface area contributed by atoms with Gasteiger partial charge in [-0.3, -0.25) is 0 Å². The summed E-state index contributed by atoms with van der Waals surface area (Å²) in [6, 6.07) is 62.2. The standard InChI is InChI=1S/C46H29NO2/c1-2-11-31-26-34(23-22-30(31)10-1)32-12-7-14-36(27-32)47(41-18-9-21-44-46(41)40-17-4-6-20-43(40)48-44)37-15-8-13-33(28-37)35-24-25-39-38-16-3-5-19-42(38)49-45(39)29-35/h1-29H. The molecule has 2 heterocycles. The lowest BCUT2D eigenvalue weighted by molar-refractivity contribution is 0.668. The zero-order chi connectivity index (χ0) is 32.3. The summed E-state index contributed by atoms with van der Waals surface area (Å²) in [7, 11) is 0. The van der Waals surface area contributed by atoms with Crippen molar-refractivity contribution in [1.29, 1.82) is 0 Å². The van der Waals surface area contributed by atoms with E-state index in [9.17, 15) is 0 Å². The summed E-state index contributed by atoms with van der Waals surface area (Å²) in [4.78, 5) is 2.36. The molecule has 0 N–H and O–H groups in total. The van der Waals surface area contributed by atoms with Crippen LogP contribution in [0.4, 0.5) is 17.1 Å². The highest BCUT2D eigenvalue weighted by Gasteiger charge is 2.20. The molecule has 0 aliphatic heterocycles. The van der Waals surface area contributed by atoms with Gasteiger partial charge < -0.3 is 13.7 Å². The van der Waals surface area contributed by atoms with E-state index in [4.69, 9.17) is 8.83 Å². The third-order valence-electron chi connectivity index (χ3n) is 9.63. The van der Waals surface area contributed by atoms with Crippen LogP contribution in [0.5, 0.6) is 0 Å². The molecule has 0 radical (unpaired) electrons. The summed E-state index contributed by atoms with van der Waals surface area (Å²) in [5.41, 5.74) is 11.3. The molecule has 0 saturated heterocycles. The van der Waals surface area contributed by atoms with Crippen LogP contribution in [0.25, 0.3) is 76.9 Å². The van der Waals surface area contributed by atoms with Crippen molar-refractivity contribution < 1.29 is 8.83 Å². The molecule has 0 aliphatic carbocycles. The van der Waals surface area contributed by atoms with Crippen molar-refractivity contribution in [3.8, 4) is 22.3 Å². The fourth-order valence-electron chi connectivity index (χ4n) is 7.29. The van der Waals surface area contributed by atoms with Gasteiger partial charge in [-0.2, -0.15) is 0 Å². The van der Waals surface area contributed by atoms with Crippen LogP contribution in [0.1, 0.15) is 0 Å². The third kappa shape index (κ3) is 4.59. The molecule has 0 saturated carbocycles. The highest BCUT2D eigenvalue weighted by molar-refractivity contribution is 6.13. The molecule has 0 fully saturated rings. The normalized spacial score (nSPS) is 11.7. The third-order valence-corrected chi connectivity index (χ3v) is 9.63. The number of hydrogen-bond donors (Lipinski definition) is 0. The molecule has 0 atom stereocenters. The summed E-state index contributed by atoms with van der Waals surface area (Å²) < 4.78 is 12.6. The predicted octanol–water partition coefficient (Wildman–Crippen LogP) is 13.4. The van der Waals surface area contributed by atoms with Crippen LogP contribution in [0, 0.1) is 0 Å². The number of fused-ring (bicyclic) bond motifs is 7. The zero-order valence-corrected chi connectivity index (χ0v) is 26.5. The van der Waals surface area contributed by atoms with Crippen molar-refractivity contribution in [3.63, 3.8) is 0 Å². The second kappa shape index (κ2) is 11.0. The van der Waals surface area contributed by atoms with E-state index in [1.54, 1.807) is 0 Å². The first-order chi connectivity index (χ1) is 24.3. The Morgan fingerprint density at radius 1 is 0.327 bits per heavy atom. The van der Waals surface area contributed by atoms with Gasteiger partial charge in [0.25, 0.3) is 0 Å². The summed E-state index contributed by atoms with van der Waals surface area (Å²) in [6.45, 7) is 0. The maximum Gasteiger partial charge on any atom is 0.137 e. The van der Waals surface area contributed by atoms with Gasteiger partial charge in [0.2, 0.25) is 0 Å². The Kier molecular flexibility index (Phi) is 6.18. The van der Waals surface area contributed by atoms with Crippen molar-refractivity contribution in [1.82, 2.24) is 0 Å². The van der Waals surface area contributed by atoms with Crippen molar-refractivity contribution >= 4 is 71.7 Å². The highest BCUT2D eigenvalue weighted by atomic mass is 16.3. The first-order valence-electron chi connectivity index (χ1n) is 16.6. The SMILES string of the molecule is c1cc(-c2ccc3ccccc3c2)cc(N(c2cccc(-c3ccc4c(c3)oc3ccccc34)c2)c2cccc3oc4ccccc4c23)c1. The fourth-order valence-corrected chi connectivity index (χ4v) is 7.29. The fraction of sp³-hybridized carbons (Fsp3) is 0. The smallest absolute Gasteiger partial charge is 0.137 e. The molecule has 0 amide bonds. The zero-order valence-electron chi connectivity index (χ0n) is 26.5. The van der Waals surface area contributed by atoms with E-state index in [1.807, 2.05) is 24.3 Å². The summed E-state index contributed by atoms with van der Waals surface area (Å²) >= 11 is 0. The lowest BCUT2D eigenvalue weighted by Gasteiger charge is -2.27. The molecule has 3 heteroatoms. The van der Waals surface area contributed by atoms with Crippen molar-refractivity contribution in [2.24, 2.45) is 0 Å². The van der Waals surface area contributed by atoms with Crippen LogP contribution in [0.3, 0.4) is 0 Å². The maximum absolute atomic E-state index is 6.37. The van der Waals surface area contributed by atoms with Gasteiger partial charge in [0.1, 0.15) is 22.3 Å².